The summed E-state index contributed by atoms with van der Waals surface area (Å²) in [5, 5.41) is 9.63. The third-order valence-electron chi connectivity index (χ3n) is 2.95. The van der Waals surface area contributed by atoms with E-state index in [9.17, 15) is 9.90 Å². The van der Waals surface area contributed by atoms with E-state index in [1.54, 1.807) is 24.7 Å². The highest BCUT2D eigenvalue weighted by molar-refractivity contribution is 14.1. The summed E-state index contributed by atoms with van der Waals surface area (Å²) in [7, 11) is 1.61. The summed E-state index contributed by atoms with van der Waals surface area (Å²) in [5.74, 6) is 0.774. The van der Waals surface area contributed by atoms with Crippen molar-refractivity contribution in [2.75, 3.05) is 7.11 Å². The van der Waals surface area contributed by atoms with Gasteiger partial charge in [-0.15, -0.1) is 0 Å². The van der Waals surface area contributed by atoms with Crippen LogP contribution in [0.2, 0.25) is 0 Å². The number of methoxy groups -OCH3 is 1. The van der Waals surface area contributed by atoms with Crippen LogP contribution in [0, 0.1) is 10.5 Å². The van der Waals surface area contributed by atoms with Crippen LogP contribution in [0.15, 0.2) is 35.1 Å². The van der Waals surface area contributed by atoms with Gasteiger partial charge in [0.25, 0.3) is 5.56 Å². The summed E-state index contributed by atoms with van der Waals surface area (Å²) >= 11 is 1.86. The fourth-order valence-electron chi connectivity index (χ4n) is 1.93. The molecule has 0 atom stereocenters. The smallest absolute Gasteiger partial charge is 0.268 e. The van der Waals surface area contributed by atoms with E-state index in [0.717, 1.165) is 11.3 Å². The Kier molecular flexibility index (Phi) is 4.14. The molecule has 1 aromatic carbocycles. The van der Waals surface area contributed by atoms with Crippen molar-refractivity contribution < 1.29 is 9.84 Å². The van der Waals surface area contributed by atoms with E-state index in [0.29, 0.717) is 15.8 Å². The number of para-hydroxylation sites is 1. The number of hydrogen-bond acceptors (Lipinski definition) is 3. The third kappa shape index (κ3) is 2.75. The van der Waals surface area contributed by atoms with Crippen LogP contribution in [0.1, 0.15) is 11.3 Å². The average Bonchev–Trinajstić information content (AvgIpc) is 2.41. The van der Waals surface area contributed by atoms with Crippen molar-refractivity contribution in [1.29, 1.82) is 0 Å². The lowest BCUT2D eigenvalue weighted by atomic mass is 10.2. The summed E-state index contributed by atoms with van der Waals surface area (Å²) < 4.78 is 7.24. The first-order valence-corrected chi connectivity index (χ1v) is 6.83. The number of aromatic nitrogens is 1. The minimum absolute atomic E-state index is 0.0272. The van der Waals surface area contributed by atoms with Crippen molar-refractivity contribution >= 4 is 22.6 Å². The van der Waals surface area contributed by atoms with Crippen molar-refractivity contribution in [3.63, 3.8) is 0 Å². The van der Waals surface area contributed by atoms with Gasteiger partial charge in [-0.3, -0.25) is 4.79 Å². The van der Waals surface area contributed by atoms with Crippen LogP contribution in [0.3, 0.4) is 0 Å². The van der Waals surface area contributed by atoms with E-state index < -0.39 is 0 Å². The van der Waals surface area contributed by atoms with Crippen LogP contribution < -0.4 is 10.3 Å². The zero-order valence-corrected chi connectivity index (χ0v) is 12.8. The first-order valence-electron chi connectivity index (χ1n) is 5.75. The molecule has 4 nitrogen and oxygen atoms in total. The second-order valence-electron chi connectivity index (χ2n) is 4.19. The molecule has 2 rings (SSSR count). The van der Waals surface area contributed by atoms with Crippen LogP contribution >= 0.6 is 22.6 Å². The minimum atomic E-state index is -0.191. The summed E-state index contributed by atoms with van der Waals surface area (Å²) in [6, 6.07) is 9.17. The van der Waals surface area contributed by atoms with E-state index in [1.807, 2.05) is 46.9 Å². The molecule has 19 heavy (non-hydrogen) atoms. The quantitative estimate of drug-likeness (QED) is 0.844. The SMILES string of the molecule is COc1ccccc1Cn1c(C)cc(O)c(I)c1=O. The predicted molar refractivity (Wildman–Crippen MR) is 81.9 cm³/mol. The molecule has 0 bridgehead atoms. The van der Waals surface area contributed by atoms with E-state index in [-0.39, 0.29) is 11.3 Å². The van der Waals surface area contributed by atoms with Crippen LogP contribution in [-0.4, -0.2) is 16.8 Å². The Morgan fingerprint density at radius 1 is 1.37 bits per heavy atom. The largest absolute Gasteiger partial charge is 0.507 e. The van der Waals surface area contributed by atoms with Crippen LogP contribution in [0.25, 0.3) is 0 Å². The second kappa shape index (κ2) is 5.64. The van der Waals surface area contributed by atoms with Crippen molar-refractivity contribution in [2.24, 2.45) is 0 Å². The first kappa shape index (κ1) is 13.9. The van der Waals surface area contributed by atoms with Gasteiger partial charge < -0.3 is 14.4 Å². The fourth-order valence-corrected chi connectivity index (χ4v) is 2.37. The molecule has 0 radical (unpaired) electrons. The Labute approximate surface area is 124 Å². The van der Waals surface area contributed by atoms with Gasteiger partial charge in [0, 0.05) is 17.3 Å². The summed E-state index contributed by atoms with van der Waals surface area (Å²) in [6.45, 7) is 2.22. The molecule has 0 aliphatic heterocycles. The Balaban J connectivity index is 2.50. The van der Waals surface area contributed by atoms with Gasteiger partial charge >= 0.3 is 0 Å². The molecule has 0 spiro atoms. The molecule has 0 aliphatic rings. The zero-order chi connectivity index (χ0) is 14.0. The van der Waals surface area contributed by atoms with Crippen molar-refractivity contribution in [3.05, 3.63) is 55.5 Å². The lowest BCUT2D eigenvalue weighted by Crippen LogP contribution is -2.25. The Morgan fingerprint density at radius 3 is 2.74 bits per heavy atom. The van der Waals surface area contributed by atoms with Gasteiger partial charge in [0.2, 0.25) is 0 Å². The highest BCUT2D eigenvalue weighted by atomic mass is 127. The maximum Gasteiger partial charge on any atom is 0.268 e. The molecule has 0 aliphatic carbocycles. The third-order valence-corrected chi connectivity index (χ3v) is 3.96. The lowest BCUT2D eigenvalue weighted by Gasteiger charge is -2.13. The van der Waals surface area contributed by atoms with Gasteiger partial charge in [-0.2, -0.15) is 0 Å². The summed E-state index contributed by atoms with van der Waals surface area (Å²) in [4.78, 5) is 12.2. The predicted octanol–water partition coefficient (Wildman–Crippen LogP) is 2.52. The number of pyridine rings is 1. The number of ether oxygens (including phenoxy) is 1. The summed E-state index contributed by atoms with van der Waals surface area (Å²) in [6.07, 6.45) is 0. The minimum Gasteiger partial charge on any atom is -0.507 e. The number of hydrogen-bond donors (Lipinski definition) is 1. The molecule has 1 heterocycles. The molecule has 0 saturated carbocycles. The standard InChI is InChI=1S/C14H14INO3/c1-9-7-11(17)13(15)14(18)16(9)8-10-5-3-4-6-12(10)19-2/h3-7,17H,8H2,1-2H3. The monoisotopic (exact) mass is 371 g/mol. The maximum atomic E-state index is 12.2. The van der Waals surface area contributed by atoms with Gasteiger partial charge in [0.15, 0.2) is 0 Å². The van der Waals surface area contributed by atoms with Crippen LogP contribution in [0.5, 0.6) is 11.5 Å². The number of aryl methyl sites for hydroxylation is 1. The topological polar surface area (TPSA) is 51.5 Å². The molecular formula is C14H14INO3. The molecule has 1 N–H and O–H groups in total. The number of halogens is 1. The molecule has 0 unspecified atom stereocenters. The van der Waals surface area contributed by atoms with Crippen LogP contribution in [0.4, 0.5) is 0 Å². The van der Waals surface area contributed by atoms with Gasteiger partial charge in [0.1, 0.15) is 15.1 Å². The summed E-state index contributed by atoms with van der Waals surface area (Å²) in [5.41, 5.74) is 1.45. The average molecular weight is 371 g/mol. The van der Waals surface area contributed by atoms with Gasteiger partial charge in [0.05, 0.1) is 13.7 Å². The lowest BCUT2D eigenvalue weighted by molar-refractivity contribution is 0.407. The first-order chi connectivity index (χ1) is 9.04. The molecule has 0 fully saturated rings. The molecule has 5 heteroatoms. The van der Waals surface area contributed by atoms with E-state index in [4.69, 9.17) is 4.74 Å². The normalized spacial score (nSPS) is 10.5. The molecule has 1 aromatic heterocycles. The molecule has 0 saturated heterocycles. The highest BCUT2D eigenvalue weighted by Gasteiger charge is 2.11. The van der Waals surface area contributed by atoms with Gasteiger partial charge in [-0.25, -0.2) is 0 Å². The van der Waals surface area contributed by atoms with E-state index in [2.05, 4.69) is 0 Å². The maximum absolute atomic E-state index is 12.2. The highest BCUT2D eigenvalue weighted by Crippen LogP contribution is 2.21. The Morgan fingerprint density at radius 2 is 2.05 bits per heavy atom. The van der Waals surface area contributed by atoms with Gasteiger partial charge in [-0.05, 0) is 35.6 Å². The van der Waals surface area contributed by atoms with Crippen molar-refractivity contribution in [1.82, 2.24) is 4.57 Å². The van der Waals surface area contributed by atoms with E-state index >= 15 is 0 Å². The van der Waals surface area contributed by atoms with Crippen molar-refractivity contribution in [3.8, 4) is 11.5 Å². The number of nitrogens with zero attached hydrogens (tertiary/aromatic N) is 1. The molecule has 2 aromatic rings. The van der Waals surface area contributed by atoms with Gasteiger partial charge in [-0.1, -0.05) is 18.2 Å². The number of aromatic hydroxyl groups is 1. The zero-order valence-electron chi connectivity index (χ0n) is 10.7. The van der Waals surface area contributed by atoms with Crippen LogP contribution in [-0.2, 0) is 6.54 Å². The number of rotatable bonds is 3. The van der Waals surface area contributed by atoms with Crippen molar-refractivity contribution in [2.45, 2.75) is 13.5 Å². The fraction of sp³-hybridized carbons (Fsp3) is 0.214. The second-order valence-corrected chi connectivity index (χ2v) is 5.27. The Bertz CT molecular complexity index is 664. The Hall–Kier alpha value is -1.50. The molecule has 0 amide bonds. The van der Waals surface area contributed by atoms with E-state index in [1.165, 1.54) is 0 Å². The number of benzene rings is 1. The molecular weight excluding hydrogens is 357 g/mol. The molecule has 100 valence electrons.